The Morgan fingerprint density at radius 1 is 1.12 bits per heavy atom. The Morgan fingerprint density at radius 3 is 2.38 bits per heavy atom. The first-order chi connectivity index (χ1) is 12.4. The van der Waals surface area contributed by atoms with Gasteiger partial charge < -0.3 is 5.32 Å². The topological polar surface area (TPSA) is 66.5 Å². The predicted octanol–water partition coefficient (Wildman–Crippen LogP) is 3.69. The Kier molecular flexibility index (Phi) is 5.65. The highest BCUT2D eigenvalue weighted by atomic mass is 35.5. The molecule has 0 saturated carbocycles. The molecule has 2 aromatic carbocycles. The number of nitrogens with zero attached hydrogens (tertiary/aromatic N) is 1. The van der Waals surface area contributed by atoms with Crippen molar-refractivity contribution in [3.05, 3.63) is 59.1 Å². The Hall–Kier alpha value is -1.89. The zero-order valence-corrected chi connectivity index (χ0v) is 16.1. The third kappa shape index (κ3) is 4.26. The number of carbonyl (C=O) groups is 1. The SMILES string of the molecule is Cc1ccc(NC(=O)C2CCN(S(=O)(=O)c3cccc(Cl)c3)CC2)cc1. The third-order valence-corrected chi connectivity index (χ3v) is 6.71. The van der Waals surface area contributed by atoms with E-state index in [1.165, 1.54) is 16.4 Å². The zero-order chi connectivity index (χ0) is 18.7. The first-order valence-corrected chi connectivity index (χ1v) is 10.3. The predicted molar refractivity (Wildman–Crippen MR) is 103 cm³/mol. The minimum atomic E-state index is -3.58. The van der Waals surface area contributed by atoms with Crippen molar-refractivity contribution in [1.82, 2.24) is 4.31 Å². The molecule has 0 unspecified atom stereocenters. The summed E-state index contributed by atoms with van der Waals surface area (Å²) >= 11 is 5.91. The van der Waals surface area contributed by atoms with E-state index in [9.17, 15) is 13.2 Å². The molecule has 3 rings (SSSR count). The van der Waals surface area contributed by atoms with Crippen LogP contribution in [0.5, 0.6) is 0 Å². The van der Waals surface area contributed by atoms with Crippen molar-refractivity contribution in [1.29, 1.82) is 0 Å². The molecule has 0 spiro atoms. The van der Waals surface area contributed by atoms with Gasteiger partial charge >= 0.3 is 0 Å². The molecule has 1 N–H and O–H groups in total. The lowest BCUT2D eigenvalue weighted by molar-refractivity contribution is -0.120. The Bertz CT molecular complexity index is 889. The molecule has 0 aliphatic carbocycles. The van der Waals surface area contributed by atoms with Crippen molar-refractivity contribution in [3.8, 4) is 0 Å². The Morgan fingerprint density at radius 2 is 1.77 bits per heavy atom. The van der Waals surface area contributed by atoms with Crippen LogP contribution >= 0.6 is 11.6 Å². The average Bonchev–Trinajstić information content (AvgIpc) is 2.64. The van der Waals surface area contributed by atoms with Gasteiger partial charge in [0.2, 0.25) is 15.9 Å². The number of hydrogen-bond donors (Lipinski definition) is 1. The summed E-state index contributed by atoms with van der Waals surface area (Å²) in [5.74, 6) is -0.254. The number of aryl methyl sites for hydroxylation is 1. The summed E-state index contributed by atoms with van der Waals surface area (Å²) in [6.45, 7) is 2.63. The van der Waals surface area contributed by atoms with Gasteiger partial charge in [-0.05, 0) is 50.1 Å². The fourth-order valence-electron chi connectivity index (χ4n) is 3.02. The van der Waals surface area contributed by atoms with Crippen LogP contribution < -0.4 is 5.32 Å². The summed E-state index contributed by atoms with van der Waals surface area (Å²) in [4.78, 5) is 12.6. The number of rotatable bonds is 4. The molecular weight excluding hydrogens is 372 g/mol. The number of nitrogens with one attached hydrogen (secondary N) is 1. The minimum absolute atomic E-state index is 0.0614. The summed E-state index contributed by atoms with van der Waals surface area (Å²) in [7, 11) is -3.58. The highest BCUT2D eigenvalue weighted by Gasteiger charge is 2.32. The van der Waals surface area contributed by atoms with E-state index in [-0.39, 0.29) is 16.7 Å². The van der Waals surface area contributed by atoms with Crippen LogP contribution in [0.1, 0.15) is 18.4 Å². The molecule has 1 aliphatic rings. The van der Waals surface area contributed by atoms with Crippen LogP contribution in [0.15, 0.2) is 53.4 Å². The van der Waals surface area contributed by atoms with E-state index >= 15 is 0 Å². The Balaban J connectivity index is 1.61. The maximum Gasteiger partial charge on any atom is 0.243 e. The molecule has 0 atom stereocenters. The van der Waals surface area contributed by atoms with Gasteiger partial charge in [0.25, 0.3) is 0 Å². The fraction of sp³-hybridized carbons (Fsp3) is 0.316. The lowest BCUT2D eigenvalue weighted by Gasteiger charge is -2.30. The molecule has 0 radical (unpaired) electrons. The number of amides is 1. The highest BCUT2D eigenvalue weighted by Crippen LogP contribution is 2.26. The van der Waals surface area contributed by atoms with Gasteiger partial charge in [0, 0.05) is 29.7 Å². The Labute approximate surface area is 159 Å². The van der Waals surface area contributed by atoms with Crippen molar-refractivity contribution in [2.24, 2.45) is 5.92 Å². The second-order valence-corrected chi connectivity index (χ2v) is 8.87. The standard InChI is InChI=1S/C19H21ClN2O3S/c1-14-5-7-17(8-6-14)21-19(23)15-9-11-22(12-10-15)26(24,25)18-4-2-3-16(20)13-18/h2-8,13,15H,9-12H2,1H3,(H,21,23). The third-order valence-electron chi connectivity index (χ3n) is 4.58. The number of carbonyl (C=O) groups excluding carboxylic acids is 1. The van der Waals surface area contributed by atoms with E-state index < -0.39 is 10.0 Å². The highest BCUT2D eigenvalue weighted by molar-refractivity contribution is 7.89. The van der Waals surface area contributed by atoms with Gasteiger partial charge in [0.15, 0.2) is 0 Å². The van der Waals surface area contributed by atoms with Crippen molar-refractivity contribution in [3.63, 3.8) is 0 Å². The molecule has 5 nitrogen and oxygen atoms in total. The largest absolute Gasteiger partial charge is 0.326 e. The normalized spacial score (nSPS) is 16.4. The van der Waals surface area contributed by atoms with Crippen LogP contribution in [0, 0.1) is 12.8 Å². The van der Waals surface area contributed by atoms with E-state index in [1.54, 1.807) is 12.1 Å². The molecule has 1 heterocycles. The lowest BCUT2D eigenvalue weighted by Crippen LogP contribution is -2.41. The van der Waals surface area contributed by atoms with E-state index in [0.29, 0.717) is 31.0 Å². The van der Waals surface area contributed by atoms with Crippen LogP contribution in [-0.2, 0) is 14.8 Å². The quantitative estimate of drug-likeness (QED) is 0.862. The van der Waals surface area contributed by atoms with E-state index in [4.69, 9.17) is 11.6 Å². The molecule has 1 amide bonds. The lowest BCUT2D eigenvalue weighted by atomic mass is 9.97. The number of anilines is 1. The molecule has 138 valence electrons. The van der Waals surface area contributed by atoms with Crippen molar-refractivity contribution >= 4 is 33.2 Å². The first-order valence-electron chi connectivity index (χ1n) is 8.49. The maximum absolute atomic E-state index is 12.7. The van der Waals surface area contributed by atoms with Crippen LogP contribution in [-0.4, -0.2) is 31.7 Å². The van der Waals surface area contributed by atoms with E-state index in [2.05, 4.69) is 5.32 Å². The summed E-state index contributed by atoms with van der Waals surface area (Å²) in [5, 5.41) is 3.29. The van der Waals surface area contributed by atoms with Gasteiger partial charge in [0.05, 0.1) is 4.90 Å². The van der Waals surface area contributed by atoms with E-state index in [0.717, 1.165) is 11.3 Å². The number of benzene rings is 2. The summed E-state index contributed by atoms with van der Waals surface area (Å²) < 4.78 is 26.8. The minimum Gasteiger partial charge on any atom is -0.326 e. The molecule has 26 heavy (non-hydrogen) atoms. The number of sulfonamides is 1. The molecule has 1 saturated heterocycles. The molecule has 2 aromatic rings. The van der Waals surface area contributed by atoms with Gasteiger partial charge in [-0.25, -0.2) is 8.42 Å². The average molecular weight is 393 g/mol. The van der Waals surface area contributed by atoms with Crippen LogP contribution in [0.4, 0.5) is 5.69 Å². The van der Waals surface area contributed by atoms with Crippen LogP contribution in [0.3, 0.4) is 0 Å². The molecule has 1 fully saturated rings. The first kappa shape index (κ1) is 18.9. The number of halogens is 1. The van der Waals surface area contributed by atoms with Gasteiger partial charge in [-0.15, -0.1) is 0 Å². The van der Waals surface area contributed by atoms with Gasteiger partial charge in [0.1, 0.15) is 0 Å². The van der Waals surface area contributed by atoms with Gasteiger partial charge in [-0.2, -0.15) is 4.31 Å². The molecular formula is C19H21ClN2O3S. The monoisotopic (exact) mass is 392 g/mol. The van der Waals surface area contributed by atoms with Gasteiger partial charge in [-0.1, -0.05) is 35.4 Å². The van der Waals surface area contributed by atoms with Crippen LogP contribution in [0.25, 0.3) is 0 Å². The van der Waals surface area contributed by atoms with Gasteiger partial charge in [-0.3, -0.25) is 4.79 Å². The summed E-state index contributed by atoms with van der Waals surface area (Å²) in [6.07, 6.45) is 0.995. The van der Waals surface area contributed by atoms with Crippen molar-refractivity contribution < 1.29 is 13.2 Å². The number of piperidine rings is 1. The smallest absolute Gasteiger partial charge is 0.243 e. The van der Waals surface area contributed by atoms with Crippen LogP contribution in [0.2, 0.25) is 5.02 Å². The summed E-state index contributed by atoms with van der Waals surface area (Å²) in [5.41, 5.74) is 1.89. The molecule has 0 aromatic heterocycles. The van der Waals surface area contributed by atoms with Crippen molar-refractivity contribution in [2.45, 2.75) is 24.7 Å². The molecule has 7 heteroatoms. The van der Waals surface area contributed by atoms with Crippen molar-refractivity contribution in [2.75, 3.05) is 18.4 Å². The van der Waals surface area contributed by atoms with E-state index in [1.807, 2.05) is 31.2 Å². The maximum atomic E-state index is 12.7. The number of hydrogen-bond acceptors (Lipinski definition) is 3. The molecule has 0 bridgehead atoms. The second-order valence-electron chi connectivity index (χ2n) is 6.49. The molecule has 1 aliphatic heterocycles. The summed E-state index contributed by atoms with van der Waals surface area (Å²) in [6, 6.07) is 13.9. The second kappa shape index (κ2) is 7.78. The zero-order valence-electron chi connectivity index (χ0n) is 14.5. The fourth-order valence-corrected chi connectivity index (χ4v) is 4.79.